The molecule has 1 aliphatic carbocycles. The van der Waals surface area contributed by atoms with Gasteiger partial charge in [0.15, 0.2) is 5.65 Å². The number of fused-ring (bicyclic) bond motifs is 2. The van der Waals surface area contributed by atoms with Crippen molar-refractivity contribution in [3.8, 4) is 11.5 Å². The summed E-state index contributed by atoms with van der Waals surface area (Å²) in [7, 11) is 1.49. The molecule has 5 aromatic rings. The summed E-state index contributed by atoms with van der Waals surface area (Å²) in [5.41, 5.74) is 7.03. The fourth-order valence-corrected chi connectivity index (χ4v) is 9.18. The first-order valence-electron chi connectivity index (χ1n) is 21.1. The number of aryl methyl sites for hydroxylation is 2. The molecule has 3 fully saturated rings. The summed E-state index contributed by atoms with van der Waals surface area (Å²) in [5, 5.41) is 14.6. The van der Waals surface area contributed by atoms with Crippen LogP contribution < -0.4 is 15.5 Å². The molecule has 7 heterocycles. The molecule has 3 aliphatic heterocycles. The minimum absolute atomic E-state index is 0.136. The second kappa shape index (κ2) is 16.8. The number of nitrogens with zero attached hydrogens (tertiary/aromatic N) is 10. The summed E-state index contributed by atoms with van der Waals surface area (Å²) in [6.07, 6.45) is 13.8. The number of hydrogen-bond donors (Lipinski definition) is 2. The Hall–Kier alpha value is -6.23. The first-order chi connectivity index (χ1) is 29.2. The van der Waals surface area contributed by atoms with Crippen molar-refractivity contribution in [1.82, 2.24) is 44.4 Å². The molecule has 1 unspecified atom stereocenters. The zero-order chi connectivity index (χ0) is 41.3. The summed E-state index contributed by atoms with van der Waals surface area (Å²) in [5.74, 6) is 0.685. The van der Waals surface area contributed by atoms with Gasteiger partial charge in [-0.2, -0.15) is 10.1 Å². The molecule has 9 rings (SSSR count). The van der Waals surface area contributed by atoms with E-state index in [4.69, 9.17) is 4.52 Å². The maximum absolute atomic E-state index is 13.2. The monoisotopic (exact) mass is 814 g/mol. The van der Waals surface area contributed by atoms with Crippen LogP contribution in [0, 0.1) is 6.92 Å². The first kappa shape index (κ1) is 39.2. The number of carbonyl (C=O) groups excluding carboxylic acids is 4. The lowest BCUT2D eigenvalue weighted by molar-refractivity contribution is -0.150. The van der Waals surface area contributed by atoms with Gasteiger partial charge in [-0.25, -0.2) is 14.3 Å². The third kappa shape index (κ3) is 7.92. The van der Waals surface area contributed by atoms with Crippen LogP contribution in [0.15, 0.2) is 53.4 Å². The normalized spacial score (nSPS) is 18.9. The van der Waals surface area contributed by atoms with Crippen LogP contribution in [-0.4, -0.2) is 114 Å². The second-order valence-electron chi connectivity index (χ2n) is 16.4. The van der Waals surface area contributed by atoms with Crippen molar-refractivity contribution in [2.75, 3.05) is 55.3 Å². The van der Waals surface area contributed by atoms with E-state index >= 15 is 0 Å². The van der Waals surface area contributed by atoms with Crippen LogP contribution in [0.2, 0.25) is 0 Å². The Labute approximate surface area is 347 Å². The average molecular weight is 815 g/mol. The van der Waals surface area contributed by atoms with Gasteiger partial charge in [0.1, 0.15) is 11.7 Å². The molecular formula is C43H50N12O5. The first-order valence-corrected chi connectivity index (χ1v) is 21.1. The van der Waals surface area contributed by atoms with Crippen molar-refractivity contribution >= 4 is 46.5 Å². The Morgan fingerprint density at radius 3 is 2.58 bits per heavy atom. The average Bonchev–Trinajstić information content (AvgIpc) is 4.09. The van der Waals surface area contributed by atoms with Gasteiger partial charge in [-0.1, -0.05) is 24.4 Å². The number of likely N-dealkylation sites (N-methyl/N-ethyl adjacent to an activating group) is 1. The number of amides is 5. The van der Waals surface area contributed by atoms with Gasteiger partial charge < -0.3 is 25.0 Å². The number of anilines is 3. The highest BCUT2D eigenvalue weighted by molar-refractivity contribution is 6.05. The zero-order valence-corrected chi connectivity index (χ0v) is 34.1. The number of hydrogen-bond acceptors (Lipinski definition) is 12. The maximum atomic E-state index is 13.2. The van der Waals surface area contributed by atoms with E-state index in [-0.39, 0.29) is 30.2 Å². The highest BCUT2D eigenvalue weighted by atomic mass is 16.5. The van der Waals surface area contributed by atoms with Crippen molar-refractivity contribution in [2.24, 2.45) is 0 Å². The number of imide groups is 1. The van der Waals surface area contributed by atoms with E-state index in [2.05, 4.69) is 51.7 Å². The molecule has 4 aliphatic rings. The number of rotatable bonds is 12. The third-order valence-corrected chi connectivity index (χ3v) is 12.5. The van der Waals surface area contributed by atoms with Crippen molar-refractivity contribution in [2.45, 2.75) is 89.6 Å². The number of likely N-dealkylation sites (tertiary alicyclic amines) is 1. The number of nitrogens with one attached hydrogen (secondary N) is 2. The molecule has 17 heteroatoms. The zero-order valence-electron chi connectivity index (χ0n) is 34.1. The summed E-state index contributed by atoms with van der Waals surface area (Å²) in [4.78, 5) is 72.4. The van der Waals surface area contributed by atoms with Gasteiger partial charge >= 0.3 is 6.03 Å². The topological polar surface area (TPSA) is 187 Å². The van der Waals surface area contributed by atoms with Crippen LogP contribution >= 0.6 is 0 Å². The quantitative estimate of drug-likeness (QED) is 0.120. The molecule has 1 aromatic carbocycles. The largest absolute Gasteiger partial charge is 0.369 e. The molecular weight excluding hydrogens is 765 g/mol. The van der Waals surface area contributed by atoms with Crippen molar-refractivity contribution < 1.29 is 23.7 Å². The summed E-state index contributed by atoms with van der Waals surface area (Å²) >= 11 is 0. The van der Waals surface area contributed by atoms with Crippen molar-refractivity contribution in [3.05, 3.63) is 77.2 Å². The van der Waals surface area contributed by atoms with Gasteiger partial charge in [0, 0.05) is 75.8 Å². The minimum atomic E-state index is -0.592. The standard InChI is InChI=1S/C43H50N12O5/c1-27-22-30(47-43(59)48-33-25-44-35-15-16-46-55(35)39(33)28-8-5-6-9-28)24-45-38(27)40-49-36(60-50-40)10-4-3-7-17-52-18-20-53(21-19-52)31-11-12-32-29(23-31)26-54(41(32)57)34-13-14-37(56)51(2)42(34)58/h11-12,15-16,22-25,28,34H,3-10,13-14,17-21,26H2,1-2H3,(H2,47,48,59). The van der Waals surface area contributed by atoms with Crippen LogP contribution in [0.3, 0.4) is 0 Å². The van der Waals surface area contributed by atoms with Crippen LogP contribution in [0.25, 0.3) is 17.2 Å². The predicted octanol–water partition coefficient (Wildman–Crippen LogP) is 5.42. The fraction of sp³-hybridized carbons (Fsp3) is 0.465. The number of pyridine rings is 1. The Morgan fingerprint density at radius 1 is 0.933 bits per heavy atom. The number of urea groups is 1. The Kier molecular flexibility index (Phi) is 11.0. The lowest BCUT2D eigenvalue weighted by atomic mass is 10.0. The van der Waals surface area contributed by atoms with E-state index in [1.165, 1.54) is 7.05 Å². The van der Waals surface area contributed by atoms with Crippen molar-refractivity contribution in [3.63, 3.8) is 0 Å². The third-order valence-electron chi connectivity index (χ3n) is 12.5. The molecule has 312 valence electrons. The van der Waals surface area contributed by atoms with Crippen LogP contribution in [0.1, 0.15) is 96.8 Å². The lowest BCUT2D eigenvalue weighted by Crippen LogP contribution is -2.53. The van der Waals surface area contributed by atoms with Gasteiger partial charge in [0.2, 0.25) is 17.6 Å². The van der Waals surface area contributed by atoms with Crippen LogP contribution in [0.5, 0.6) is 0 Å². The molecule has 17 nitrogen and oxygen atoms in total. The van der Waals surface area contributed by atoms with Gasteiger partial charge in [0.25, 0.3) is 11.8 Å². The minimum Gasteiger partial charge on any atom is -0.369 e. The number of aromatic nitrogens is 6. The molecule has 4 aromatic heterocycles. The van der Waals surface area contributed by atoms with E-state index < -0.39 is 6.04 Å². The molecule has 1 saturated carbocycles. The molecule has 0 spiro atoms. The Bertz CT molecular complexity index is 2430. The predicted molar refractivity (Wildman–Crippen MR) is 222 cm³/mol. The van der Waals surface area contributed by atoms with E-state index in [0.717, 1.165) is 111 Å². The summed E-state index contributed by atoms with van der Waals surface area (Å²) < 4.78 is 7.42. The molecule has 2 saturated heterocycles. The molecule has 2 N–H and O–H groups in total. The van der Waals surface area contributed by atoms with E-state index in [1.807, 2.05) is 35.7 Å². The summed E-state index contributed by atoms with van der Waals surface area (Å²) in [6, 6.07) is 8.73. The SMILES string of the molecule is Cc1cc(NC(=O)Nc2cnc3ccnn3c2C2CCCC2)cnc1-c1noc(CCCCCN2CCN(c3ccc4c(c3)CN(C3CCC(=O)N(C)C3=O)C4=O)CC2)n1. The number of carbonyl (C=O) groups is 4. The van der Waals surface area contributed by atoms with Gasteiger partial charge in [-0.15, -0.1) is 0 Å². The molecule has 60 heavy (non-hydrogen) atoms. The van der Waals surface area contributed by atoms with E-state index in [0.29, 0.717) is 59.7 Å². The summed E-state index contributed by atoms with van der Waals surface area (Å²) in [6.45, 7) is 7.02. The van der Waals surface area contributed by atoms with Crippen LogP contribution in [-0.2, 0) is 22.6 Å². The number of piperidine rings is 1. The van der Waals surface area contributed by atoms with Crippen LogP contribution in [0.4, 0.5) is 21.9 Å². The molecule has 0 bridgehead atoms. The molecule has 1 atom stereocenters. The maximum Gasteiger partial charge on any atom is 0.323 e. The Morgan fingerprint density at radius 2 is 1.77 bits per heavy atom. The fourth-order valence-electron chi connectivity index (χ4n) is 9.18. The highest BCUT2D eigenvalue weighted by Gasteiger charge is 2.41. The molecule has 5 amide bonds. The highest BCUT2D eigenvalue weighted by Crippen LogP contribution is 2.38. The smallest absolute Gasteiger partial charge is 0.323 e. The van der Waals surface area contributed by atoms with E-state index in [9.17, 15) is 19.2 Å². The number of benzene rings is 1. The Balaban J connectivity index is 0.706. The lowest BCUT2D eigenvalue weighted by Gasteiger charge is -2.36. The number of unbranched alkanes of at least 4 members (excludes halogenated alkanes) is 2. The van der Waals surface area contributed by atoms with E-state index in [1.54, 1.807) is 23.5 Å². The number of piperazine rings is 1. The van der Waals surface area contributed by atoms with Gasteiger partial charge in [0.05, 0.1) is 35.7 Å². The molecule has 0 radical (unpaired) electrons. The van der Waals surface area contributed by atoms with Gasteiger partial charge in [-0.3, -0.25) is 29.2 Å². The second-order valence-corrected chi connectivity index (χ2v) is 16.4. The van der Waals surface area contributed by atoms with Gasteiger partial charge in [-0.05, 0) is 81.0 Å². The van der Waals surface area contributed by atoms with Crippen molar-refractivity contribution in [1.29, 1.82) is 0 Å².